The minimum Gasteiger partial charge on any atom is -0.371 e. The molecule has 128 valence electrons. The van der Waals surface area contributed by atoms with E-state index < -0.39 is 41.7 Å². The molecule has 0 radical (unpaired) electrons. The quantitative estimate of drug-likeness (QED) is 0.646. The molecule has 0 fully saturated rings. The summed E-state index contributed by atoms with van der Waals surface area (Å²) in [7, 11) is 1.49. The molecule has 0 aliphatic carbocycles. The Balaban J connectivity index is 1.93. The number of amides is 1. The Labute approximate surface area is 135 Å². The molecule has 5 nitrogen and oxygen atoms in total. The van der Waals surface area contributed by atoms with Crippen LogP contribution in [0.4, 0.5) is 23.2 Å². The third-order valence-corrected chi connectivity index (χ3v) is 3.27. The first-order valence-corrected chi connectivity index (χ1v) is 6.98. The average molecular weight is 342 g/mol. The number of anilines is 1. The van der Waals surface area contributed by atoms with Crippen molar-refractivity contribution in [2.45, 2.75) is 6.42 Å². The van der Waals surface area contributed by atoms with Crippen LogP contribution in [-0.4, -0.2) is 40.9 Å². The van der Waals surface area contributed by atoms with E-state index in [1.807, 2.05) is 6.07 Å². The fourth-order valence-electron chi connectivity index (χ4n) is 1.89. The van der Waals surface area contributed by atoms with Crippen molar-refractivity contribution in [3.63, 3.8) is 0 Å². The van der Waals surface area contributed by atoms with Crippen LogP contribution in [0, 0.1) is 23.5 Å². The molecule has 24 heavy (non-hydrogen) atoms. The van der Waals surface area contributed by atoms with Gasteiger partial charge in [0.25, 0.3) is 11.9 Å². The van der Waals surface area contributed by atoms with Crippen molar-refractivity contribution in [2.24, 2.45) is 0 Å². The topological polar surface area (TPSA) is 58.1 Å². The average Bonchev–Trinajstić information content (AvgIpc) is 2.58. The van der Waals surface area contributed by atoms with Gasteiger partial charge in [-0.2, -0.15) is 22.5 Å². The molecule has 0 aromatic carbocycles. The predicted molar refractivity (Wildman–Crippen MR) is 78.1 cm³/mol. The molecule has 0 saturated heterocycles. The lowest BCUT2D eigenvalue weighted by molar-refractivity contribution is -0.128. The van der Waals surface area contributed by atoms with E-state index in [4.69, 9.17) is 0 Å². The first-order chi connectivity index (χ1) is 11.4. The first-order valence-electron chi connectivity index (χ1n) is 6.98. The van der Waals surface area contributed by atoms with Crippen molar-refractivity contribution >= 4 is 11.6 Å². The van der Waals surface area contributed by atoms with Gasteiger partial charge in [-0.1, -0.05) is 6.07 Å². The molecule has 2 heterocycles. The SMILES string of the molecule is CN(CCc1ccccn1)C(=O)CNc1c(F)c(F)nc(F)c1F. The molecule has 0 saturated carbocycles. The zero-order valence-corrected chi connectivity index (χ0v) is 12.7. The summed E-state index contributed by atoms with van der Waals surface area (Å²) in [5.41, 5.74) is -0.285. The Hall–Kier alpha value is -2.71. The molecule has 2 aromatic rings. The van der Waals surface area contributed by atoms with Crippen molar-refractivity contribution in [3.05, 3.63) is 53.6 Å². The van der Waals surface area contributed by atoms with E-state index in [1.165, 1.54) is 11.9 Å². The standard InChI is InChI=1S/C15H14F4N4O/c1-23(7-5-9-4-2-3-6-20-9)10(24)8-21-13-11(16)14(18)22-15(19)12(13)17/h2-4,6H,5,7-8H2,1H3,(H,21,22). The zero-order valence-electron chi connectivity index (χ0n) is 12.7. The maximum absolute atomic E-state index is 13.4. The van der Waals surface area contributed by atoms with Crippen LogP contribution < -0.4 is 5.32 Å². The summed E-state index contributed by atoms with van der Waals surface area (Å²) in [6, 6.07) is 5.37. The molecule has 0 unspecified atom stereocenters. The van der Waals surface area contributed by atoms with Gasteiger partial charge < -0.3 is 10.2 Å². The molecular weight excluding hydrogens is 328 g/mol. The van der Waals surface area contributed by atoms with Crippen LogP contribution in [0.3, 0.4) is 0 Å². The maximum Gasteiger partial charge on any atom is 0.253 e. The van der Waals surface area contributed by atoms with Crippen LogP contribution in [0.5, 0.6) is 0 Å². The molecular formula is C15H14F4N4O. The molecule has 0 aliphatic heterocycles. The molecule has 9 heteroatoms. The fraction of sp³-hybridized carbons (Fsp3) is 0.267. The second-order valence-corrected chi connectivity index (χ2v) is 4.94. The largest absolute Gasteiger partial charge is 0.371 e. The molecule has 2 aromatic heterocycles. The number of aromatic nitrogens is 2. The smallest absolute Gasteiger partial charge is 0.253 e. The van der Waals surface area contributed by atoms with Gasteiger partial charge in [0, 0.05) is 31.9 Å². The number of nitrogens with one attached hydrogen (secondary N) is 1. The second-order valence-electron chi connectivity index (χ2n) is 4.94. The van der Waals surface area contributed by atoms with Crippen molar-refractivity contribution in [1.29, 1.82) is 0 Å². The first kappa shape index (κ1) is 17.6. The van der Waals surface area contributed by atoms with E-state index in [2.05, 4.69) is 15.3 Å². The van der Waals surface area contributed by atoms with Crippen LogP contribution in [0.15, 0.2) is 24.4 Å². The number of halogens is 4. The maximum atomic E-state index is 13.4. The Morgan fingerprint density at radius 2 is 1.83 bits per heavy atom. The summed E-state index contributed by atoms with van der Waals surface area (Å²) < 4.78 is 52.8. The second kappa shape index (κ2) is 7.71. The van der Waals surface area contributed by atoms with Crippen LogP contribution >= 0.6 is 0 Å². The highest BCUT2D eigenvalue weighted by Gasteiger charge is 2.21. The number of rotatable bonds is 6. The molecule has 1 amide bonds. The number of pyridine rings is 2. The predicted octanol–water partition coefficient (Wildman–Crippen LogP) is 2.15. The Morgan fingerprint density at radius 3 is 2.42 bits per heavy atom. The van der Waals surface area contributed by atoms with E-state index in [9.17, 15) is 22.4 Å². The highest BCUT2D eigenvalue weighted by Crippen LogP contribution is 2.21. The van der Waals surface area contributed by atoms with Crippen LogP contribution in [0.25, 0.3) is 0 Å². The van der Waals surface area contributed by atoms with E-state index in [0.29, 0.717) is 13.0 Å². The van der Waals surface area contributed by atoms with Crippen molar-refractivity contribution in [1.82, 2.24) is 14.9 Å². The summed E-state index contributed by atoms with van der Waals surface area (Å²) in [4.78, 5) is 19.8. The van der Waals surface area contributed by atoms with Crippen molar-refractivity contribution < 1.29 is 22.4 Å². The normalized spacial score (nSPS) is 10.5. The van der Waals surface area contributed by atoms with Crippen LogP contribution in [0.2, 0.25) is 0 Å². The monoisotopic (exact) mass is 342 g/mol. The number of nitrogens with zero attached hydrogens (tertiary/aromatic N) is 3. The molecule has 1 N–H and O–H groups in total. The van der Waals surface area contributed by atoms with Gasteiger partial charge in [-0.05, 0) is 12.1 Å². The molecule has 0 spiro atoms. The highest BCUT2D eigenvalue weighted by atomic mass is 19.2. The zero-order chi connectivity index (χ0) is 17.7. The number of carbonyl (C=O) groups excluding carboxylic acids is 1. The Kier molecular flexibility index (Phi) is 5.67. The molecule has 2 rings (SSSR count). The lowest BCUT2D eigenvalue weighted by Crippen LogP contribution is -2.34. The fourth-order valence-corrected chi connectivity index (χ4v) is 1.89. The lowest BCUT2D eigenvalue weighted by atomic mass is 10.2. The van der Waals surface area contributed by atoms with E-state index in [0.717, 1.165) is 5.69 Å². The van der Waals surface area contributed by atoms with E-state index >= 15 is 0 Å². The van der Waals surface area contributed by atoms with Gasteiger partial charge in [0.1, 0.15) is 5.69 Å². The molecule has 0 bridgehead atoms. The van der Waals surface area contributed by atoms with Crippen LogP contribution in [0.1, 0.15) is 5.69 Å². The number of hydrogen-bond donors (Lipinski definition) is 1. The third-order valence-electron chi connectivity index (χ3n) is 3.27. The summed E-state index contributed by atoms with van der Waals surface area (Å²) >= 11 is 0. The van der Waals surface area contributed by atoms with Gasteiger partial charge in [0.05, 0.1) is 6.54 Å². The van der Waals surface area contributed by atoms with Crippen molar-refractivity contribution in [3.8, 4) is 0 Å². The summed E-state index contributed by atoms with van der Waals surface area (Å²) in [5, 5.41) is 2.06. The van der Waals surface area contributed by atoms with Crippen molar-refractivity contribution in [2.75, 3.05) is 25.5 Å². The molecule has 0 atom stereocenters. The number of carbonyl (C=O) groups is 1. The summed E-state index contributed by atoms with van der Waals surface area (Å²) in [6.07, 6.45) is 2.11. The number of likely N-dealkylation sites (N-methyl/N-ethyl adjacent to an activating group) is 1. The van der Waals surface area contributed by atoms with Crippen LogP contribution in [-0.2, 0) is 11.2 Å². The summed E-state index contributed by atoms with van der Waals surface area (Å²) in [5.74, 6) is -7.45. The summed E-state index contributed by atoms with van der Waals surface area (Å²) in [6.45, 7) is -0.211. The lowest BCUT2D eigenvalue weighted by Gasteiger charge is -2.18. The van der Waals surface area contributed by atoms with E-state index in [1.54, 1.807) is 18.3 Å². The third kappa shape index (κ3) is 4.18. The Bertz CT molecular complexity index is 701. The van der Waals surface area contributed by atoms with E-state index in [-0.39, 0.29) is 0 Å². The minimum absolute atomic E-state index is 0.321. The Morgan fingerprint density at radius 1 is 1.17 bits per heavy atom. The molecule has 0 aliphatic rings. The van der Waals surface area contributed by atoms with Gasteiger partial charge >= 0.3 is 0 Å². The minimum atomic E-state index is -1.78. The van der Waals surface area contributed by atoms with Gasteiger partial charge in [-0.15, -0.1) is 0 Å². The van der Waals surface area contributed by atoms with Gasteiger partial charge in [0.15, 0.2) is 0 Å². The van der Waals surface area contributed by atoms with Gasteiger partial charge in [0.2, 0.25) is 17.5 Å². The number of hydrogen-bond acceptors (Lipinski definition) is 4. The van der Waals surface area contributed by atoms with Gasteiger partial charge in [-0.25, -0.2) is 0 Å². The van der Waals surface area contributed by atoms with Gasteiger partial charge in [-0.3, -0.25) is 9.78 Å². The highest BCUT2D eigenvalue weighted by molar-refractivity contribution is 5.80.